The Hall–Kier alpha value is -3.16. The van der Waals surface area contributed by atoms with Crippen LogP contribution in [0.4, 0.5) is 0 Å². The number of aliphatic carboxylic acids is 2. The molecule has 0 bridgehead atoms. The molecule has 24 heavy (non-hydrogen) atoms. The summed E-state index contributed by atoms with van der Waals surface area (Å²) < 4.78 is 9.04. The van der Waals surface area contributed by atoms with Gasteiger partial charge in [0.25, 0.3) is 0 Å². The van der Waals surface area contributed by atoms with Crippen molar-refractivity contribution in [1.29, 1.82) is 0 Å². The highest BCUT2D eigenvalue weighted by atomic mass is 16.6. The highest BCUT2D eigenvalue weighted by Gasteiger charge is 1.97. The van der Waals surface area contributed by atoms with Crippen LogP contribution in [0.5, 0.6) is 0 Å². The van der Waals surface area contributed by atoms with Crippen LogP contribution in [0.3, 0.4) is 0 Å². The summed E-state index contributed by atoms with van der Waals surface area (Å²) in [7, 11) is 0. The Morgan fingerprint density at radius 1 is 0.750 bits per heavy atom. The van der Waals surface area contributed by atoms with E-state index in [0.29, 0.717) is 12.8 Å². The van der Waals surface area contributed by atoms with Crippen LogP contribution < -0.4 is 0 Å². The molecule has 0 aliphatic carbocycles. The molecule has 0 atom stereocenters. The third-order valence-corrected chi connectivity index (χ3v) is 1.93. The molecule has 0 saturated carbocycles. The van der Waals surface area contributed by atoms with Crippen molar-refractivity contribution >= 4 is 23.9 Å². The summed E-state index contributed by atoms with van der Waals surface area (Å²) in [5, 5.41) is 16.3. The van der Waals surface area contributed by atoms with Gasteiger partial charge >= 0.3 is 23.9 Å². The lowest BCUT2D eigenvalue weighted by Gasteiger charge is -2.01. The maximum absolute atomic E-state index is 10.4. The number of unbranched alkanes of at least 4 members (excludes halogenated alkanes) is 1. The number of carboxylic acids is 2. The van der Waals surface area contributed by atoms with Crippen LogP contribution in [0.25, 0.3) is 0 Å². The molecule has 0 aliphatic heterocycles. The van der Waals surface area contributed by atoms with Crippen molar-refractivity contribution in [1.82, 2.24) is 0 Å². The Morgan fingerprint density at radius 2 is 1.08 bits per heavy atom. The molecule has 0 spiro atoms. The van der Waals surface area contributed by atoms with Crippen LogP contribution >= 0.6 is 0 Å². The lowest BCUT2D eigenvalue weighted by molar-refractivity contribution is -0.146. The monoisotopic (exact) mass is 340 g/mol. The lowest BCUT2D eigenvalue weighted by Crippen LogP contribution is -2.10. The average molecular weight is 340 g/mol. The van der Waals surface area contributed by atoms with Gasteiger partial charge in [-0.15, -0.1) is 0 Å². The molecule has 0 radical (unpaired) electrons. The summed E-state index contributed by atoms with van der Waals surface area (Å²) in [6, 6.07) is 0. The van der Waals surface area contributed by atoms with Gasteiger partial charge in [0.05, 0.1) is 0 Å². The van der Waals surface area contributed by atoms with Gasteiger partial charge in [0, 0.05) is 24.3 Å². The number of ether oxygens (including phenoxy) is 2. The molecule has 0 amide bonds. The first-order valence-electron chi connectivity index (χ1n) is 6.70. The zero-order valence-electron chi connectivity index (χ0n) is 13.1. The molecular weight excluding hydrogens is 320 g/mol. The second-order valence-corrected chi connectivity index (χ2v) is 3.80. The zero-order valence-corrected chi connectivity index (χ0v) is 13.1. The fourth-order valence-electron chi connectivity index (χ4n) is 0.963. The molecule has 8 heteroatoms. The van der Waals surface area contributed by atoms with E-state index in [1.165, 1.54) is 12.2 Å². The van der Waals surface area contributed by atoms with E-state index in [9.17, 15) is 19.2 Å². The second-order valence-electron chi connectivity index (χ2n) is 3.80. The largest absolute Gasteiger partial charge is 0.478 e. The maximum atomic E-state index is 10.4. The molecule has 0 aromatic carbocycles. The summed E-state index contributed by atoms with van der Waals surface area (Å²) in [4.78, 5) is 40.7. The molecule has 132 valence electrons. The van der Waals surface area contributed by atoms with Gasteiger partial charge in [-0.1, -0.05) is 25.3 Å². The lowest BCUT2D eigenvalue weighted by atomic mass is 10.2. The van der Waals surface area contributed by atoms with E-state index in [1.807, 2.05) is 0 Å². The third-order valence-electron chi connectivity index (χ3n) is 1.93. The number of carbonyl (C=O) groups excluding carboxylic acids is 2. The van der Waals surface area contributed by atoms with E-state index in [2.05, 4.69) is 22.6 Å². The number of hydrogen-bond donors (Lipinski definition) is 2. The van der Waals surface area contributed by atoms with E-state index in [-0.39, 0.29) is 13.2 Å². The standard InChI is InChI=1S/2C8H10O4/c1-3-7(9)11-5-6-12-8(10)4-2;9-7(10)5-3-1-2-4-6-8(11)12/h3-4H,1-2,5-6H2;3-6H,1-2H2,(H,9,10)(H,11,12). The minimum absolute atomic E-state index is 0.0322. The molecule has 0 aromatic rings. The average Bonchev–Trinajstić information content (AvgIpc) is 2.54. The van der Waals surface area contributed by atoms with Gasteiger partial charge in [-0.05, 0) is 12.8 Å². The van der Waals surface area contributed by atoms with Crippen molar-refractivity contribution in [2.75, 3.05) is 13.2 Å². The van der Waals surface area contributed by atoms with Crippen molar-refractivity contribution in [3.05, 3.63) is 49.6 Å². The highest BCUT2D eigenvalue weighted by molar-refractivity contribution is 5.82. The van der Waals surface area contributed by atoms with Gasteiger partial charge in [0.1, 0.15) is 13.2 Å². The third kappa shape index (κ3) is 21.1. The highest BCUT2D eigenvalue weighted by Crippen LogP contribution is 1.92. The summed E-state index contributed by atoms with van der Waals surface area (Å²) in [6.45, 7) is 6.45. The van der Waals surface area contributed by atoms with Crippen molar-refractivity contribution in [2.45, 2.75) is 12.8 Å². The first kappa shape index (κ1) is 23.1. The molecule has 8 nitrogen and oxygen atoms in total. The van der Waals surface area contributed by atoms with Gasteiger partial charge in [-0.2, -0.15) is 0 Å². The molecule has 0 rings (SSSR count). The van der Waals surface area contributed by atoms with Crippen LogP contribution in [0, 0.1) is 0 Å². The van der Waals surface area contributed by atoms with E-state index >= 15 is 0 Å². The number of hydrogen-bond acceptors (Lipinski definition) is 6. The quantitative estimate of drug-likeness (QED) is 0.348. The van der Waals surface area contributed by atoms with Crippen molar-refractivity contribution in [3.63, 3.8) is 0 Å². The Morgan fingerprint density at radius 3 is 1.33 bits per heavy atom. The van der Waals surface area contributed by atoms with Crippen LogP contribution in [-0.2, 0) is 28.7 Å². The number of rotatable bonds is 10. The predicted octanol–water partition coefficient (Wildman–Crippen LogP) is 1.49. The van der Waals surface area contributed by atoms with E-state index in [4.69, 9.17) is 10.2 Å². The van der Waals surface area contributed by atoms with Gasteiger partial charge < -0.3 is 19.7 Å². The van der Waals surface area contributed by atoms with Crippen molar-refractivity contribution in [3.8, 4) is 0 Å². The first-order valence-corrected chi connectivity index (χ1v) is 6.70. The molecule has 0 heterocycles. The number of carboxylic acid groups (broad SMARTS) is 2. The van der Waals surface area contributed by atoms with Gasteiger partial charge in [-0.3, -0.25) is 0 Å². The van der Waals surface area contributed by atoms with Crippen molar-refractivity contribution in [2.24, 2.45) is 0 Å². The van der Waals surface area contributed by atoms with Gasteiger partial charge in [0.15, 0.2) is 0 Å². The van der Waals surface area contributed by atoms with Crippen LogP contribution in [-0.4, -0.2) is 47.3 Å². The number of esters is 2. The van der Waals surface area contributed by atoms with Gasteiger partial charge in [0.2, 0.25) is 0 Å². The van der Waals surface area contributed by atoms with Crippen LogP contribution in [0.15, 0.2) is 49.6 Å². The Labute approximate surface area is 139 Å². The minimum Gasteiger partial charge on any atom is -0.478 e. The normalized spacial score (nSPS) is 9.67. The smallest absolute Gasteiger partial charge is 0.330 e. The molecule has 2 N–H and O–H groups in total. The first-order chi connectivity index (χ1) is 11.3. The SMILES string of the molecule is C=CC(=O)OCCOC(=O)C=C.O=C(O)C=CCCC=CC(=O)O. The van der Waals surface area contributed by atoms with Crippen LogP contribution in [0.1, 0.15) is 12.8 Å². The number of allylic oxidation sites excluding steroid dienone is 2. The molecule has 0 aromatic heterocycles. The maximum Gasteiger partial charge on any atom is 0.330 e. The topological polar surface area (TPSA) is 127 Å². The van der Waals surface area contributed by atoms with Crippen molar-refractivity contribution < 1.29 is 38.9 Å². The molecule has 0 aliphatic rings. The molecule has 0 saturated heterocycles. The minimum atomic E-state index is -0.989. The second kappa shape index (κ2) is 16.2. The van der Waals surface area contributed by atoms with E-state index < -0.39 is 23.9 Å². The Balaban J connectivity index is 0. The number of carbonyl (C=O) groups is 4. The van der Waals surface area contributed by atoms with E-state index in [1.54, 1.807) is 0 Å². The summed E-state index contributed by atoms with van der Waals surface area (Å²) in [5.74, 6) is -3.05. The fraction of sp³-hybridized carbons (Fsp3) is 0.250. The van der Waals surface area contributed by atoms with E-state index in [0.717, 1.165) is 24.3 Å². The summed E-state index contributed by atoms with van der Waals surface area (Å²) in [6.07, 6.45) is 8.18. The Bertz CT molecular complexity index is 456. The Kier molecular flexibility index (Phi) is 15.6. The zero-order chi connectivity index (χ0) is 18.8. The summed E-state index contributed by atoms with van der Waals surface area (Å²) >= 11 is 0. The summed E-state index contributed by atoms with van der Waals surface area (Å²) in [5.41, 5.74) is 0. The molecular formula is C16H20O8. The molecule has 0 unspecified atom stereocenters. The fourth-order valence-corrected chi connectivity index (χ4v) is 0.963. The molecule has 0 fully saturated rings. The van der Waals surface area contributed by atoms with Gasteiger partial charge in [-0.25, -0.2) is 19.2 Å². The predicted molar refractivity (Wildman–Crippen MR) is 85.1 cm³/mol. The van der Waals surface area contributed by atoms with Crippen LogP contribution in [0.2, 0.25) is 0 Å².